The maximum atomic E-state index is 12.2. The summed E-state index contributed by atoms with van der Waals surface area (Å²) in [6.07, 6.45) is 1.21. The summed E-state index contributed by atoms with van der Waals surface area (Å²) in [5.74, 6) is 0.401. The minimum atomic E-state index is -0.350. The second-order valence-corrected chi connectivity index (χ2v) is 7.66. The van der Waals surface area contributed by atoms with Gasteiger partial charge < -0.3 is 20.0 Å². The van der Waals surface area contributed by atoms with Crippen molar-refractivity contribution in [3.05, 3.63) is 53.6 Å². The number of rotatable bonds is 7. The minimum absolute atomic E-state index is 0.0196. The predicted molar refractivity (Wildman–Crippen MR) is 106 cm³/mol. The highest BCUT2D eigenvalue weighted by Crippen LogP contribution is 2.30. The van der Waals surface area contributed by atoms with Gasteiger partial charge in [0.2, 0.25) is 0 Å². The van der Waals surface area contributed by atoms with Crippen molar-refractivity contribution in [2.45, 2.75) is 46.0 Å². The molecule has 0 aliphatic heterocycles. The molecule has 0 saturated carbocycles. The van der Waals surface area contributed by atoms with Crippen molar-refractivity contribution < 1.29 is 19.4 Å². The number of hydrogen-bond acceptors (Lipinski definition) is 4. The van der Waals surface area contributed by atoms with Crippen molar-refractivity contribution in [1.82, 2.24) is 0 Å². The van der Waals surface area contributed by atoms with Crippen LogP contribution in [-0.4, -0.2) is 23.4 Å². The smallest absolute Gasteiger partial charge is 0.262 e. The van der Waals surface area contributed by atoms with Gasteiger partial charge in [-0.25, -0.2) is 0 Å². The normalized spacial score (nSPS) is 11.1. The highest BCUT2D eigenvalue weighted by Gasteiger charge is 2.16. The summed E-state index contributed by atoms with van der Waals surface area (Å²) in [7, 11) is 0. The van der Waals surface area contributed by atoms with Crippen molar-refractivity contribution in [3.8, 4) is 11.5 Å². The molecule has 0 unspecified atom stereocenters. The van der Waals surface area contributed by atoms with Crippen LogP contribution >= 0.6 is 0 Å². The van der Waals surface area contributed by atoms with E-state index in [9.17, 15) is 14.7 Å². The summed E-state index contributed by atoms with van der Waals surface area (Å²) in [6, 6.07) is 12.5. The molecule has 0 heterocycles. The number of anilines is 1. The number of aromatic hydroxyl groups is 1. The number of aryl methyl sites for hydroxylation is 1. The summed E-state index contributed by atoms with van der Waals surface area (Å²) in [5, 5.41) is 12.7. The molecule has 0 atom stereocenters. The molecule has 27 heavy (non-hydrogen) atoms. The summed E-state index contributed by atoms with van der Waals surface area (Å²) in [5.41, 5.74) is 2.34. The molecule has 144 valence electrons. The summed E-state index contributed by atoms with van der Waals surface area (Å²) >= 11 is 0. The molecule has 0 fully saturated rings. The fourth-order valence-corrected chi connectivity index (χ4v) is 2.51. The van der Waals surface area contributed by atoms with Crippen LogP contribution in [0.1, 0.15) is 45.2 Å². The van der Waals surface area contributed by atoms with Crippen LogP contribution < -0.4 is 10.1 Å². The summed E-state index contributed by atoms with van der Waals surface area (Å²) in [4.78, 5) is 23.2. The van der Waals surface area contributed by atoms with E-state index in [1.54, 1.807) is 31.2 Å². The predicted octanol–water partition coefficient (Wildman–Crippen LogP) is 4.23. The zero-order valence-electron chi connectivity index (χ0n) is 16.3. The first kappa shape index (κ1) is 20.5. The van der Waals surface area contributed by atoms with Gasteiger partial charge in [0.1, 0.15) is 17.3 Å². The van der Waals surface area contributed by atoms with Gasteiger partial charge in [0.05, 0.1) is 5.69 Å². The molecule has 5 nitrogen and oxygen atoms in total. The van der Waals surface area contributed by atoms with Crippen LogP contribution in [0.4, 0.5) is 5.69 Å². The van der Waals surface area contributed by atoms with E-state index in [2.05, 4.69) is 26.1 Å². The van der Waals surface area contributed by atoms with Gasteiger partial charge in [0.15, 0.2) is 6.61 Å². The van der Waals surface area contributed by atoms with E-state index in [-0.39, 0.29) is 29.5 Å². The minimum Gasteiger partial charge on any atom is -0.506 e. The third-order valence-corrected chi connectivity index (χ3v) is 4.20. The van der Waals surface area contributed by atoms with E-state index in [4.69, 9.17) is 4.74 Å². The van der Waals surface area contributed by atoms with E-state index in [0.717, 1.165) is 11.1 Å². The Labute approximate surface area is 160 Å². The lowest BCUT2D eigenvalue weighted by atomic mass is 9.87. The number of nitrogens with one attached hydrogen (secondary N) is 1. The van der Waals surface area contributed by atoms with E-state index in [1.165, 1.54) is 0 Å². The average Bonchev–Trinajstić information content (AvgIpc) is 2.60. The molecule has 2 rings (SSSR count). The number of hydrogen-bond donors (Lipinski definition) is 2. The molecule has 0 bridgehead atoms. The van der Waals surface area contributed by atoms with E-state index >= 15 is 0 Å². The number of carbonyl (C=O) groups excluding carboxylic acids is 2. The Morgan fingerprint density at radius 1 is 1.07 bits per heavy atom. The Morgan fingerprint density at radius 2 is 1.74 bits per heavy atom. The lowest BCUT2D eigenvalue weighted by Crippen LogP contribution is -2.21. The van der Waals surface area contributed by atoms with E-state index in [1.807, 2.05) is 18.2 Å². The summed E-state index contributed by atoms with van der Waals surface area (Å²) < 4.78 is 5.50. The highest BCUT2D eigenvalue weighted by molar-refractivity contribution is 5.93. The maximum Gasteiger partial charge on any atom is 0.262 e. The fourth-order valence-electron chi connectivity index (χ4n) is 2.51. The third kappa shape index (κ3) is 6.44. The molecule has 0 spiro atoms. The average molecular weight is 369 g/mol. The Hall–Kier alpha value is -2.82. The van der Waals surface area contributed by atoms with Crippen LogP contribution in [-0.2, 0) is 21.4 Å². The van der Waals surface area contributed by atoms with Gasteiger partial charge in [-0.15, -0.1) is 0 Å². The quantitative estimate of drug-likeness (QED) is 0.716. The molecule has 2 N–H and O–H groups in total. The SMILES string of the molecule is CC(=O)CCc1ccc(OCC(=O)Nc2cc(C(C)(C)C)ccc2O)cc1. The molecule has 0 aliphatic carbocycles. The Kier molecular flexibility index (Phi) is 6.61. The topological polar surface area (TPSA) is 75.6 Å². The Bertz CT molecular complexity index is 804. The number of benzene rings is 2. The van der Waals surface area contributed by atoms with Gasteiger partial charge in [-0.05, 0) is 54.2 Å². The van der Waals surface area contributed by atoms with Gasteiger partial charge >= 0.3 is 0 Å². The first-order valence-electron chi connectivity index (χ1n) is 8.99. The second-order valence-electron chi connectivity index (χ2n) is 7.66. The number of carbonyl (C=O) groups is 2. The third-order valence-electron chi connectivity index (χ3n) is 4.20. The highest BCUT2D eigenvalue weighted by atomic mass is 16.5. The number of ether oxygens (including phenoxy) is 1. The number of phenolic OH excluding ortho intramolecular Hbond substituents is 1. The number of amides is 1. The maximum absolute atomic E-state index is 12.2. The van der Waals surface area contributed by atoms with Crippen molar-refractivity contribution in [2.75, 3.05) is 11.9 Å². The monoisotopic (exact) mass is 369 g/mol. The van der Waals surface area contributed by atoms with Gasteiger partial charge in [-0.3, -0.25) is 4.79 Å². The fraction of sp³-hybridized carbons (Fsp3) is 0.364. The Morgan fingerprint density at radius 3 is 2.33 bits per heavy atom. The molecule has 2 aromatic carbocycles. The van der Waals surface area contributed by atoms with Crippen LogP contribution in [0.15, 0.2) is 42.5 Å². The number of ketones is 1. The first-order chi connectivity index (χ1) is 12.6. The zero-order chi connectivity index (χ0) is 20.0. The van der Waals surface area contributed by atoms with Gasteiger partial charge in [-0.1, -0.05) is 39.0 Å². The molecular formula is C22H27NO4. The van der Waals surface area contributed by atoms with Crippen molar-refractivity contribution in [3.63, 3.8) is 0 Å². The number of phenols is 1. The van der Waals surface area contributed by atoms with E-state index in [0.29, 0.717) is 24.3 Å². The van der Waals surface area contributed by atoms with E-state index < -0.39 is 0 Å². The summed E-state index contributed by atoms with van der Waals surface area (Å²) in [6.45, 7) is 7.60. The largest absolute Gasteiger partial charge is 0.506 e. The van der Waals surface area contributed by atoms with Crippen LogP contribution in [0.2, 0.25) is 0 Å². The molecule has 1 amide bonds. The standard InChI is InChI=1S/C22H27NO4/c1-15(24)5-6-16-7-10-18(11-8-16)27-14-21(26)23-19-13-17(22(2,3)4)9-12-20(19)25/h7-13,25H,5-6,14H2,1-4H3,(H,23,26). The van der Waals surface area contributed by atoms with Gasteiger partial charge in [0.25, 0.3) is 5.91 Å². The number of Topliss-reactive ketones (excluding diaryl/α,β-unsaturated/α-hetero) is 1. The molecular weight excluding hydrogens is 342 g/mol. The van der Waals surface area contributed by atoms with Gasteiger partial charge in [-0.2, -0.15) is 0 Å². The molecule has 0 radical (unpaired) electrons. The van der Waals surface area contributed by atoms with Crippen LogP contribution in [0.5, 0.6) is 11.5 Å². The van der Waals surface area contributed by atoms with Crippen LogP contribution in [0, 0.1) is 0 Å². The van der Waals surface area contributed by atoms with Crippen molar-refractivity contribution in [1.29, 1.82) is 0 Å². The molecule has 2 aromatic rings. The Balaban J connectivity index is 1.92. The molecule has 0 saturated heterocycles. The van der Waals surface area contributed by atoms with Crippen LogP contribution in [0.25, 0.3) is 0 Å². The molecule has 0 aliphatic rings. The van der Waals surface area contributed by atoms with Crippen molar-refractivity contribution in [2.24, 2.45) is 0 Å². The van der Waals surface area contributed by atoms with Crippen molar-refractivity contribution >= 4 is 17.4 Å². The molecule has 5 heteroatoms. The lowest BCUT2D eigenvalue weighted by molar-refractivity contribution is -0.118. The first-order valence-corrected chi connectivity index (χ1v) is 8.99. The molecule has 0 aromatic heterocycles. The zero-order valence-corrected chi connectivity index (χ0v) is 16.3. The second kappa shape index (κ2) is 8.71. The lowest BCUT2D eigenvalue weighted by Gasteiger charge is -2.20. The van der Waals surface area contributed by atoms with Gasteiger partial charge in [0, 0.05) is 6.42 Å². The van der Waals surface area contributed by atoms with Crippen LogP contribution in [0.3, 0.4) is 0 Å².